The molecule has 2 N–H and O–H groups in total. The van der Waals surface area contributed by atoms with Gasteiger partial charge >= 0.3 is 0 Å². The van der Waals surface area contributed by atoms with Gasteiger partial charge in [0.25, 0.3) is 0 Å². The number of halogens is 1. The molecule has 0 bridgehead atoms. The first kappa shape index (κ1) is 15.8. The average molecular weight is 332 g/mol. The number of aliphatic hydroxyl groups is 1. The van der Waals surface area contributed by atoms with Gasteiger partial charge in [0.1, 0.15) is 5.75 Å². The van der Waals surface area contributed by atoms with Crippen molar-refractivity contribution in [3.63, 3.8) is 0 Å². The van der Waals surface area contributed by atoms with Crippen LogP contribution in [0.3, 0.4) is 0 Å². The molecule has 0 unspecified atom stereocenters. The maximum Gasteiger partial charge on any atom is 0.228 e. The summed E-state index contributed by atoms with van der Waals surface area (Å²) in [5.74, 6) is 0.379. The van der Waals surface area contributed by atoms with Gasteiger partial charge in [0.2, 0.25) is 5.91 Å². The number of hydrogen-bond acceptors (Lipinski definition) is 3. The summed E-state index contributed by atoms with van der Waals surface area (Å²) >= 11 is 6.24. The fourth-order valence-electron chi connectivity index (χ4n) is 2.72. The van der Waals surface area contributed by atoms with Crippen LogP contribution in [0.1, 0.15) is 29.2 Å². The van der Waals surface area contributed by atoms with Gasteiger partial charge in [0.05, 0.1) is 24.8 Å². The molecule has 0 aromatic heterocycles. The molecular formula is C18H18ClNO3. The quantitative estimate of drug-likeness (QED) is 0.902. The fourth-order valence-corrected chi connectivity index (χ4v) is 2.91. The number of hydrogen-bond donors (Lipinski definition) is 2. The van der Waals surface area contributed by atoms with Crippen molar-refractivity contribution in [1.82, 2.24) is 0 Å². The number of fused-ring (bicyclic) bond motifs is 1. The highest BCUT2D eigenvalue weighted by Gasteiger charge is 2.22. The van der Waals surface area contributed by atoms with Crippen molar-refractivity contribution in [2.45, 2.75) is 25.9 Å². The van der Waals surface area contributed by atoms with E-state index in [0.29, 0.717) is 35.1 Å². The minimum Gasteiger partial charge on any atom is -0.491 e. The average Bonchev–Trinajstić information content (AvgIpc) is 2.53. The van der Waals surface area contributed by atoms with E-state index in [-0.39, 0.29) is 12.3 Å². The van der Waals surface area contributed by atoms with Crippen LogP contribution in [0, 0.1) is 6.92 Å². The summed E-state index contributed by atoms with van der Waals surface area (Å²) in [5.41, 5.74) is 3.02. The molecule has 2 aromatic carbocycles. The van der Waals surface area contributed by atoms with Crippen molar-refractivity contribution in [2.24, 2.45) is 0 Å². The lowest BCUT2D eigenvalue weighted by atomic mass is 10.0. The van der Waals surface area contributed by atoms with Gasteiger partial charge in [-0.15, -0.1) is 0 Å². The van der Waals surface area contributed by atoms with E-state index in [1.54, 1.807) is 12.1 Å². The van der Waals surface area contributed by atoms with E-state index in [4.69, 9.17) is 16.3 Å². The second kappa shape index (κ2) is 6.60. The monoisotopic (exact) mass is 331 g/mol. The van der Waals surface area contributed by atoms with E-state index >= 15 is 0 Å². The van der Waals surface area contributed by atoms with Crippen molar-refractivity contribution in [1.29, 1.82) is 0 Å². The zero-order valence-electron chi connectivity index (χ0n) is 12.8. The van der Waals surface area contributed by atoms with Crippen LogP contribution >= 0.6 is 11.6 Å². The first-order valence-corrected chi connectivity index (χ1v) is 7.91. The molecule has 1 atom stereocenters. The Bertz CT molecular complexity index is 745. The molecule has 0 saturated heterocycles. The molecule has 4 nitrogen and oxygen atoms in total. The number of aryl methyl sites for hydroxylation is 1. The summed E-state index contributed by atoms with van der Waals surface area (Å²) in [6, 6.07) is 11.0. The third-order valence-corrected chi connectivity index (χ3v) is 4.48. The van der Waals surface area contributed by atoms with Crippen LogP contribution in [-0.2, 0) is 11.2 Å². The highest BCUT2D eigenvalue weighted by molar-refractivity contribution is 6.32. The molecule has 120 valence electrons. The summed E-state index contributed by atoms with van der Waals surface area (Å²) in [6.45, 7) is 2.34. The third-order valence-electron chi connectivity index (χ3n) is 3.94. The molecule has 1 aliphatic heterocycles. The van der Waals surface area contributed by atoms with E-state index < -0.39 is 6.10 Å². The van der Waals surface area contributed by atoms with E-state index in [9.17, 15) is 9.90 Å². The topological polar surface area (TPSA) is 58.6 Å². The Kier molecular flexibility index (Phi) is 4.55. The van der Waals surface area contributed by atoms with Crippen molar-refractivity contribution >= 4 is 23.2 Å². The van der Waals surface area contributed by atoms with Crippen LogP contribution in [0.5, 0.6) is 5.75 Å². The molecule has 23 heavy (non-hydrogen) atoms. The predicted octanol–water partition coefficient (Wildman–Crippen LogP) is 3.65. The minimum absolute atomic E-state index is 0.172. The second-order valence-corrected chi connectivity index (χ2v) is 6.03. The lowest BCUT2D eigenvalue weighted by Crippen LogP contribution is -2.19. The van der Waals surface area contributed by atoms with Gasteiger partial charge in [0, 0.05) is 17.0 Å². The number of amides is 1. The number of carbonyl (C=O) groups is 1. The van der Waals surface area contributed by atoms with E-state index in [1.807, 2.05) is 31.2 Å². The first-order chi connectivity index (χ1) is 11.1. The maximum atomic E-state index is 12.3. The molecule has 0 saturated carbocycles. The SMILES string of the molecule is Cc1cccc(CC(=O)Nc2cccc3c2OCC[C@H]3O)c1Cl. The van der Waals surface area contributed by atoms with Gasteiger partial charge in [-0.05, 0) is 24.1 Å². The minimum atomic E-state index is -0.554. The largest absolute Gasteiger partial charge is 0.491 e. The van der Waals surface area contributed by atoms with Gasteiger partial charge in [-0.25, -0.2) is 0 Å². The highest BCUT2D eigenvalue weighted by Crippen LogP contribution is 2.37. The molecule has 3 rings (SSSR count). The zero-order valence-corrected chi connectivity index (χ0v) is 13.6. The van der Waals surface area contributed by atoms with Crippen LogP contribution < -0.4 is 10.1 Å². The summed E-state index contributed by atoms with van der Waals surface area (Å²) in [6.07, 6.45) is 0.192. The number of ether oxygens (including phenoxy) is 1. The number of nitrogens with one attached hydrogen (secondary N) is 1. The predicted molar refractivity (Wildman–Crippen MR) is 90.0 cm³/mol. The Hall–Kier alpha value is -2.04. The smallest absolute Gasteiger partial charge is 0.228 e. The zero-order chi connectivity index (χ0) is 16.4. The van der Waals surface area contributed by atoms with Crippen molar-refractivity contribution in [3.05, 3.63) is 58.1 Å². The Morgan fingerprint density at radius 3 is 2.96 bits per heavy atom. The first-order valence-electron chi connectivity index (χ1n) is 7.54. The summed E-state index contributed by atoms with van der Waals surface area (Å²) < 4.78 is 5.62. The van der Waals surface area contributed by atoms with Gasteiger partial charge in [0.15, 0.2) is 0 Å². The molecule has 2 aromatic rings. The van der Waals surface area contributed by atoms with Crippen LogP contribution in [0.25, 0.3) is 0 Å². The Morgan fingerprint density at radius 2 is 2.13 bits per heavy atom. The van der Waals surface area contributed by atoms with Crippen LogP contribution in [0.15, 0.2) is 36.4 Å². The number of aliphatic hydroxyl groups excluding tert-OH is 1. The fraction of sp³-hybridized carbons (Fsp3) is 0.278. The van der Waals surface area contributed by atoms with Crippen molar-refractivity contribution in [2.75, 3.05) is 11.9 Å². The maximum absolute atomic E-state index is 12.3. The molecule has 0 spiro atoms. The van der Waals surface area contributed by atoms with Gasteiger partial charge in [-0.2, -0.15) is 0 Å². The lowest BCUT2D eigenvalue weighted by molar-refractivity contribution is -0.115. The normalized spacial score (nSPS) is 16.4. The van der Waals surface area contributed by atoms with Crippen LogP contribution in [0.4, 0.5) is 5.69 Å². The summed E-state index contributed by atoms with van der Waals surface area (Å²) in [5, 5.41) is 13.5. The molecule has 5 heteroatoms. The Morgan fingerprint density at radius 1 is 1.35 bits per heavy atom. The van der Waals surface area contributed by atoms with Gasteiger partial charge in [-0.3, -0.25) is 4.79 Å². The molecule has 0 aliphatic carbocycles. The molecule has 1 heterocycles. The summed E-state index contributed by atoms with van der Waals surface area (Å²) in [4.78, 5) is 12.3. The lowest BCUT2D eigenvalue weighted by Gasteiger charge is -2.24. The van der Waals surface area contributed by atoms with Crippen LogP contribution in [0.2, 0.25) is 5.02 Å². The number of benzene rings is 2. The molecule has 1 amide bonds. The van der Waals surface area contributed by atoms with E-state index in [0.717, 1.165) is 11.1 Å². The highest BCUT2D eigenvalue weighted by atomic mass is 35.5. The van der Waals surface area contributed by atoms with E-state index in [2.05, 4.69) is 5.32 Å². The Balaban J connectivity index is 1.79. The number of anilines is 1. The van der Waals surface area contributed by atoms with Gasteiger partial charge < -0.3 is 15.2 Å². The Labute approximate surface area is 140 Å². The third kappa shape index (κ3) is 3.33. The molecule has 0 radical (unpaired) electrons. The molecular weight excluding hydrogens is 314 g/mol. The van der Waals surface area contributed by atoms with Crippen molar-refractivity contribution in [3.8, 4) is 5.75 Å². The second-order valence-electron chi connectivity index (χ2n) is 5.65. The molecule has 0 fully saturated rings. The number of carbonyl (C=O) groups excluding carboxylic acids is 1. The van der Waals surface area contributed by atoms with Gasteiger partial charge in [-0.1, -0.05) is 41.9 Å². The van der Waals surface area contributed by atoms with E-state index in [1.165, 1.54) is 0 Å². The standard InChI is InChI=1S/C18H18ClNO3/c1-11-4-2-5-12(17(11)19)10-16(22)20-14-7-3-6-13-15(21)8-9-23-18(13)14/h2-7,15,21H,8-10H2,1H3,(H,20,22)/t15-/m1/s1. The summed E-state index contributed by atoms with van der Waals surface area (Å²) in [7, 11) is 0. The number of rotatable bonds is 3. The number of para-hydroxylation sites is 1. The van der Waals surface area contributed by atoms with Crippen molar-refractivity contribution < 1.29 is 14.6 Å². The van der Waals surface area contributed by atoms with Crippen LogP contribution in [-0.4, -0.2) is 17.6 Å². The molecule has 1 aliphatic rings.